The third kappa shape index (κ3) is 3.77. The molecular formula is C24H23FN4O3. The van der Waals surface area contributed by atoms with Crippen LogP contribution in [0.3, 0.4) is 0 Å². The van der Waals surface area contributed by atoms with Crippen molar-refractivity contribution in [1.29, 1.82) is 0 Å². The molecule has 0 radical (unpaired) electrons. The van der Waals surface area contributed by atoms with E-state index in [4.69, 9.17) is 8.94 Å². The van der Waals surface area contributed by atoms with E-state index in [0.29, 0.717) is 52.7 Å². The number of halogens is 1. The maximum atomic E-state index is 13.7. The Kier molecular flexibility index (Phi) is 5.20. The van der Waals surface area contributed by atoms with Crippen LogP contribution < -0.4 is 0 Å². The average Bonchev–Trinajstić information content (AvgIpc) is 3.41. The van der Waals surface area contributed by atoms with E-state index in [1.54, 1.807) is 24.4 Å². The van der Waals surface area contributed by atoms with Crippen LogP contribution in [0.5, 0.6) is 0 Å². The number of likely N-dealkylation sites (tertiary alicyclic amines) is 1. The average molecular weight is 434 g/mol. The van der Waals surface area contributed by atoms with Crippen LogP contribution in [0.4, 0.5) is 4.39 Å². The third-order valence-electron chi connectivity index (χ3n) is 5.89. The molecule has 7 nitrogen and oxygen atoms in total. The lowest BCUT2D eigenvalue weighted by Crippen LogP contribution is -2.38. The van der Waals surface area contributed by atoms with Crippen LogP contribution in [-0.2, 0) is 6.42 Å². The quantitative estimate of drug-likeness (QED) is 0.453. The van der Waals surface area contributed by atoms with E-state index in [1.165, 1.54) is 12.1 Å². The Hall–Kier alpha value is -3.55. The van der Waals surface area contributed by atoms with Gasteiger partial charge in [0.05, 0.1) is 22.8 Å². The van der Waals surface area contributed by atoms with Gasteiger partial charge in [-0.05, 0) is 56.9 Å². The number of carbonyl (C=O) groups is 1. The van der Waals surface area contributed by atoms with Gasteiger partial charge in [0.1, 0.15) is 17.6 Å². The Morgan fingerprint density at radius 2 is 2.03 bits per heavy atom. The predicted molar refractivity (Wildman–Crippen MR) is 115 cm³/mol. The number of amides is 1. The molecule has 164 valence electrons. The molecule has 0 unspecified atom stereocenters. The Labute approximate surface area is 184 Å². The van der Waals surface area contributed by atoms with Crippen molar-refractivity contribution in [3.63, 3.8) is 0 Å². The summed E-state index contributed by atoms with van der Waals surface area (Å²) in [5, 5.41) is 4.64. The number of piperidine rings is 1. The minimum atomic E-state index is -0.271. The molecule has 1 saturated heterocycles. The van der Waals surface area contributed by atoms with Crippen LogP contribution in [0.25, 0.3) is 11.1 Å². The van der Waals surface area contributed by atoms with Crippen molar-refractivity contribution in [1.82, 2.24) is 20.0 Å². The molecule has 32 heavy (non-hydrogen) atoms. The molecular weight excluding hydrogens is 411 g/mol. The van der Waals surface area contributed by atoms with E-state index < -0.39 is 0 Å². The van der Waals surface area contributed by atoms with Gasteiger partial charge in [0, 0.05) is 18.7 Å². The first-order valence-corrected chi connectivity index (χ1v) is 10.7. The minimum Gasteiger partial charge on any atom is -0.443 e. The third-order valence-corrected chi connectivity index (χ3v) is 5.89. The van der Waals surface area contributed by atoms with Gasteiger partial charge >= 0.3 is 0 Å². The maximum Gasteiger partial charge on any atom is 0.258 e. The van der Waals surface area contributed by atoms with Gasteiger partial charge in [-0.2, -0.15) is 0 Å². The van der Waals surface area contributed by atoms with Crippen LogP contribution in [0.15, 0.2) is 45.5 Å². The second-order valence-electron chi connectivity index (χ2n) is 8.24. The molecule has 4 heterocycles. The molecule has 4 aromatic rings. The van der Waals surface area contributed by atoms with Gasteiger partial charge in [0.25, 0.3) is 11.6 Å². The summed E-state index contributed by atoms with van der Waals surface area (Å²) in [6.45, 7) is 4.26. The molecule has 1 atom stereocenters. The van der Waals surface area contributed by atoms with Gasteiger partial charge in [-0.3, -0.25) is 4.79 Å². The largest absolute Gasteiger partial charge is 0.443 e. The van der Waals surface area contributed by atoms with Crippen LogP contribution in [-0.4, -0.2) is 32.5 Å². The molecule has 1 amide bonds. The normalized spacial score (nSPS) is 16.6. The van der Waals surface area contributed by atoms with Gasteiger partial charge in [-0.1, -0.05) is 17.3 Å². The molecule has 1 aliphatic rings. The van der Waals surface area contributed by atoms with Gasteiger partial charge < -0.3 is 13.8 Å². The summed E-state index contributed by atoms with van der Waals surface area (Å²) in [6, 6.07) is 7.85. The lowest BCUT2D eigenvalue weighted by atomic mass is 9.99. The fourth-order valence-corrected chi connectivity index (χ4v) is 4.33. The van der Waals surface area contributed by atoms with Crippen LogP contribution in [0, 0.1) is 19.7 Å². The number of oxazole rings is 1. The number of fused-ring (bicyclic) bond motifs is 1. The standard InChI is InChI=1S/C24H23FN4O3/c1-14-11-19(21-15(2)28-32-23(21)27-14)24(30)29-10-4-3-5-20(29)22-26-13-18(31-22)12-16-6-8-17(25)9-7-16/h6-9,11,13,20H,3-5,10,12H2,1-2H3/t20-/m0/s1. The second-order valence-corrected chi connectivity index (χ2v) is 8.24. The molecule has 3 aromatic heterocycles. The van der Waals surface area contributed by atoms with Crippen molar-refractivity contribution in [2.24, 2.45) is 0 Å². The van der Waals surface area contributed by atoms with Crippen molar-refractivity contribution < 1.29 is 18.1 Å². The van der Waals surface area contributed by atoms with E-state index >= 15 is 0 Å². The predicted octanol–water partition coefficient (Wildman–Crippen LogP) is 4.92. The number of hydrogen-bond donors (Lipinski definition) is 0. The number of pyridine rings is 1. The fourth-order valence-electron chi connectivity index (χ4n) is 4.33. The van der Waals surface area contributed by atoms with Gasteiger partial charge in [0.15, 0.2) is 0 Å². The second kappa shape index (κ2) is 8.18. The highest BCUT2D eigenvalue weighted by atomic mass is 19.1. The van der Waals surface area contributed by atoms with Crippen LogP contribution >= 0.6 is 0 Å². The number of aromatic nitrogens is 3. The van der Waals surface area contributed by atoms with E-state index in [2.05, 4.69) is 15.1 Å². The smallest absolute Gasteiger partial charge is 0.258 e. The van der Waals surface area contributed by atoms with Crippen molar-refractivity contribution >= 4 is 17.0 Å². The van der Waals surface area contributed by atoms with E-state index in [9.17, 15) is 9.18 Å². The highest BCUT2D eigenvalue weighted by Gasteiger charge is 2.33. The molecule has 1 aliphatic heterocycles. The van der Waals surface area contributed by atoms with Crippen LogP contribution in [0.1, 0.15) is 64.3 Å². The van der Waals surface area contributed by atoms with E-state index in [0.717, 1.165) is 24.8 Å². The summed E-state index contributed by atoms with van der Waals surface area (Å²) < 4.78 is 24.5. The molecule has 0 N–H and O–H groups in total. The van der Waals surface area contributed by atoms with Gasteiger partial charge in [-0.25, -0.2) is 14.4 Å². The molecule has 0 bridgehead atoms. The Bertz CT molecular complexity index is 1280. The minimum absolute atomic E-state index is 0.102. The highest BCUT2D eigenvalue weighted by Crippen LogP contribution is 2.34. The fraction of sp³-hybridized carbons (Fsp3) is 0.333. The zero-order valence-electron chi connectivity index (χ0n) is 18.0. The summed E-state index contributed by atoms with van der Waals surface area (Å²) in [5.74, 6) is 0.836. The number of nitrogens with zero attached hydrogens (tertiary/aromatic N) is 4. The van der Waals surface area contributed by atoms with E-state index in [1.807, 2.05) is 18.7 Å². The summed E-state index contributed by atoms with van der Waals surface area (Å²) >= 11 is 0. The molecule has 5 rings (SSSR count). The number of aryl methyl sites for hydroxylation is 2. The Balaban J connectivity index is 1.44. The number of benzene rings is 1. The lowest BCUT2D eigenvalue weighted by molar-refractivity contribution is 0.0572. The molecule has 0 saturated carbocycles. The Morgan fingerprint density at radius 3 is 2.84 bits per heavy atom. The van der Waals surface area contributed by atoms with Gasteiger partial charge in [-0.15, -0.1) is 0 Å². The lowest BCUT2D eigenvalue weighted by Gasteiger charge is -2.34. The summed E-state index contributed by atoms with van der Waals surface area (Å²) in [6.07, 6.45) is 4.88. The van der Waals surface area contributed by atoms with Crippen molar-refractivity contribution in [3.8, 4) is 0 Å². The number of carbonyl (C=O) groups excluding carboxylic acids is 1. The molecule has 1 fully saturated rings. The zero-order chi connectivity index (χ0) is 22.2. The SMILES string of the molecule is Cc1cc(C(=O)N2CCCC[C@H]2c2ncc(Cc3ccc(F)cc3)o2)c2c(C)noc2n1. The topological polar surface area (TPSA) is 85.3 Å². The maximum absolute atomic E-state index is 13.7. The molecule has 0 aliphatic carbocycles. The molecule has 8 heteroatoms. The van der Waals surface area contributed by atoms with Crippen molar-refractivity contribution in [3.05, 3.63) is 76.5 Å². The first-order chi connectivity index (χ1) is 15.5. The van der Waals surface area contributed by atoms with Crippen molar-refractivity contribution in [2.75, 3.05) is 6.54 Å². The summed E-state index contributed by atoms with van der Waals surface area (Å²) in [4.78, 5) is 24.3. The summed E-state index contributed by atoms with van der Waals surface area (Å²) in [7, 11) is 0. The number of rotatable bonds is 4. The monoisotopic (exact) mass is 434 g/mol. The molecule has 0 spiro atoms. The zero-order valence-corrected chi connectivity index (χ0v) is 18.0. The first kappa shape index (κ1) is 20.4. The number of hydrogen-bond acceptors (Lipinski definition) is 6. The Morgan fingerprint density at radius 1 is 1.22 bits per heavy atom. The van der Waals surface area contributed by atoms with Crippen LogP contribution in [0.2, 0.25) is 0 Å². The van der Waals surface area contributed by atoms with Gasteiger partial charge in [0.2, 0.25) is 5.89 Å². The first-order valence-electron chi connectivity index (χ1n) is 10.7. The highest BCUT2D eigenvalue weighted by molar-refractivity contribution is 6.06. The van der Waals surface area contributed by atoms with E-state index in [-0.39, 0.29) is 17.8 Å². The molecule has 1 aromatic carbocycles. The summed E-state index contributed by atoms with van der Waals surface area (Å²) in [5.41, 5.74) is 3.18. The van der Waals surface area contributed by atoms with Crippen molar-refractivity contribution in [2.45, 2.75) is 45.6 Å².